The highest BCUT2D eigenvalue weighted by Crippen LogP contribution is 2.26. The van der Waals surface area contributed by atoms with Gasteiger partial charge in [0.25, 0.3) is 0 Å². The third-order valence-corrected chi connectivity index (χ3v) is 2.62. The van der Waals surface area contributed by atoms with Crippen molar-refractivity contribution in [1.29, 1.82) is 0 Å². The quantitative estimate of drug-likeness (QED) is 0.896. The zero-order valence-corrected chi connectivity index (χ0v) is 10.8. The molecule has 0 aliphatic carbocycles. The molecule has 18 heavy (non-hydrogen) atoms. The van der Waals surface area contributed by atoms with Crippen molar-refractivity contribution in [3.8, 4) is 11.5 Å². The summed E-state index contributed by atoms with van der Waals surface area (Å²) in [6, 6.07) is 10.0. The highest BCUT2D eigenvalue weighted by atomic mass is 16.5. The number of aromatic nitrogens is 1. The Hall–Kier alpha value is -1.87. The molecule has 0 amide bonds. The first-order chi connectivity index (χ1) is 8.65. The topological polar surface area (TPSA) is 48.1 Å². The molecule has 0 aliphatic rings. The van der Waals surface area contributed by atoms with Crippen LogP contribution in [-0.4, -0.2) is 11.0 Å². The van der Waals surface area contributed by atoms with Crippen molar-refractivity contribution in [2.75, 3.05) is 0 Å². The molecule has 0 bridgehead atoms. The molecular weight excluding hydrogens is 224 g/mol. The summed E-state index contributed by atoms with van der Waals surface area (Å²) >= 11 is 0. The third kappa shape index (κ3) is 3.31. The Labute approximate surface area is 108 Å². The average Bonchev–Trinajstić information content (AvgIpc) is 2.33. The lowest BCUT2D eigenvalue weighted by atomic mass is 10.0. The van der Waals surface area contributed by atoms with Gasteiger partial charge in [0, 0.05) is 12.2 Å². The van der Waals surface area contributed by atoms with E-state index in [1.54, 1.807) is 12.4 Å². The minimum Gasteiger partial charge on any atom is -0.455 e. The maximum Gasteiger partial charge on any atom is 0.145 e. The normalized spacial score (nSPS) is 12.2. The number of hydrogen-bond acceptors (Lipinski definition) is 3. The van der Waals surface area contributed by atoms with E-state index in [0.717, 1.165) is 23.5 Å². The number of rotatable bonds is 4. The minimum atomic E-state index is 0.114. The van der Waals surface area contributed by atoms with Crippen molar-refractivity contribution in [1.82, 2.24) is 4.98 Å². The molecule has 2 N–H and O–H groups in total. The predicted octanol–water partition coefficient (Wildman–Crippen LogP) is 3.07. The first-order valence-corrected chi connectivity index (χ1v) is 6.08. The van der Waals surface area contributed by atoms with E-state index in [9.17, 15) is 0 Å². The molecule has 0 saturated carbocycles. The van der Waals surface area contributed by atoms with Gasteiger partial charge in [-0.05, 0) is 44.0 Å². The standard InChI is InChI=1S/C15H18N2O/c1-11-5-6-15(13(8-11)9-12(2)16)18-14-4-3-7-17-10-14/h3-8,10,12H,9,16H2,1-2H3. The number of nitrogens with two attached hydrogens (primary N) is 1. The first kappa shape index (κ1) is 12.6. The zero-order chi connectivity index (χ0) is 13.0. The zero-order valence-electron chi connectivity index (χ0n) is 10.8. The van der Waals surface area contributed by atoms with Gasteiger partial charge in [-0.1, -0.05) is 17.7 Å². The molecule has 2 aromatic rings. The molecule has 1 unspecified atom stereocenters. The van der Waals surface area contributed by atoms with Gasteiger partial charge in [0.2, 0.25) is 0 Å². The van der Waals surface area contributed by atoms with Crippen LogP contribution in [0.25, 0.3) is 0 Å². The summed E-state index contributed by atoms with van der Waals surface area (Å²) < 4.78 is 5.85. The fourth-order valence-electron chi connectivity index (χ4n) is 1.85. The monoisotopic (exact) mass is 242 g/mol. The Bertz CT molecular complexity index is 509. The van der Waals surface area contributed by atoms with Crippen LogP contribution >= 0.6 is 0 Å². The van der Waals surface area contributed by atoms with Crippen LogP contribution in [0.3, 0.4) is 0 Å². The maximum atomic E-state index is 5.87. The van der Waals surface area contributed by atoms with Crippen LogP contribution in [0.2, 0.25) is 0 Å². The number of benzene rings is 1. The second kappa shape index (κ2) is 5.65. The molecule has 1 atom stereocenters. The van der Waals surface area contributed by atoms with E-state index >= 15 is 0 Å². The van der Waals surface area contributed by atoms with Crippen molar-refractivity contribution < 1.29 is 4.74 Å². The Balaban J connectivity index is 2.26. The number of aryl methyl sites for hydroxylation is 1. The number of ether oxygens (including phenoxy) is 1. The molecule has 0 saturated heterocycles. The van der Waals surface area contributed by atoms with E-state index in [1.165, 1.54) is 5.56 Å². The van der Waals surface area contributed by atoms with Crippen LogP contribution in [-0.2, 0) is 6.42 Å². The molecular formula is C15H18N2O. The molecule has 3 heteroatoms. The lowest BCUT2D eigenvalue weighted by molar-refractivity contribution is 0.471. The summed E-state index contributed by atoms with van der Waals surface area (Å²) in [4.78, 5) is 4.04. The molecule has 0 aliphatic heterocycles. The van der Waals surface area contributed by atoms with E-state index in [-0.39, 0.29) is 6.04 Å². The summed E-state index contributed by atoms with van der Waals surface area (Å²) in [6.45, 7) is 4.06. The number of hydrogen-bond donors (Lipinski definition) is 1. The average molecular weight is 242 g/mol. The van der Waals surface area contributed by atoms with Gasteiger partial charge in [0.1, 0.15) is 11.5 Å². The van der Waals surface area contributed by atoms with Crippen LogP contribution < -0.4 is 10.5 Å². The molecule has 3 nitrogen and oxygen atoms in total. The highest BCUT2D eigenvalue weighted by molar-refractivity contribution is 5.40. The SMILES string of the molecule is Cc1ccc(Oc2cccnc2)c(CC(C)N)c1. The summed E-state index contributed by atoms with van der Waals surface area (Å²) in [5.41, 5.74) is 8.21. The van der Waals surface area contributed by atoms with E-state index in [0.29, 0.717) is 0 Å². The van der Waals surface area contributed by atoms with Gasteiger partial charge >= 0.3 is 0 Å². The second-order valence-corrected chi connectivity index (χ2v) is 4.58. The fraction of sp³-hybridized carbons (Fsp3) is 0.267. The third-order valence-electron chi connectivity index (χ3n) is 2.62. The highest BCUT2D eigenvalue weighted by Gasteiger charge is 2.07. The Morgan fingerprint density at radius 2 is 2.17 bits per heavy atom. The number of nitrogens with zero attached hydrogens (tertiary/aromatic N) is 1. The van der Waals surface area contributed by atoms with Gasteiger partial charge in [-0.15, -0.1) is 0 Å². The molecule has 1 heterocycles. The molecule has 1 aromatic heterocycles. The number of pyridine rings is 1. The Morgan fingerprint density at radius 1 is 1.33 bits per heavy atom. The summed E-state index contributed by atoms with van der Waals surface area (Å²) in [5, 5.41) is 0. The predicted molar refractivity (Wildman–Crippen MR) is 72.8 cm³/mol. The Morgan fingerprint density at radius 3 is 2.83 bits per heavy atom. The van der Waals surface area contributed by atoms with Crippen LogP contribution in [0, 0.1) is 6.92 Å². The van der Waals surface area contributed by atoms with Gasteiger partial charge in [-0.3, -0.25) is 4.98 Å². The van der Waals surface area contributed by atoms with Gasteiger partial charge < -0.3 is 10.5 Å². The lowest BCUT2D eigenvalue weighted by Crippen LogP contribution is -2.18. The van der Waals surface area contributed by atoms with Crippen LogP contribution in [0.1, 0.15) is 18.1 Å². The summed E-state index contributed by atoms with van der Waals surface area (Å²) in [7, 11) is 0. The second-order valence-electron chi connectivity index (χ2n) is 4.58. The van der Waals surface area contributed by atoms with Crippen molar-refractivity contribution in [3.05, 3.63) is 53.9 Å². The van der Waals surface area contributed by atoms with Crippen molar-refractivity contribution in [3.63, 3.8) is 0 Å². The summed E-state index contributed by atoms with van der Waals surface area (Å²) in [5.74, 6) is 1.60. The van der Waals surface area contributed by atoms with Crippen molar-refractivity contribution in [2.24, 2.45) is 5.73 Å². The van der Waals surface area contributed by atoms with E-state index in [4.69, 9.17) is 10.5 Å². The van der Waals surface area contributed by atoms with E-state index < -0.39 is 0 Å². The molecule has 1 aromatic carbocycles. The van der Waals surface area contributed by atoms with Gasteiger partial charge in [-0.25, -0.2) is 0 Å². The van der Waals surface area contributed by atoms with Crippen LogP contribution in [0.5, 0.6) is 11.5 Å². The maximum absolute atomic E-state index is 5.87. The van der Waals surface area contributed by atoms with Crippen molar-refractivity contribution >= 4 is 0 Å². The van der Waals surface area contributed by atoms with E-state index in [2.05, 4.69) is 18.0 Å². The summed E-state index contributed by atoms with van der Waals surface area (Å²) in [6.07, 6.45) is 4.23. The smallest absolute Gasteiger partial charge is 0.145 e. The van der Waals surface area contributed by atoms with Crippen molar-refractivity contribution in [2.45, 2.75) is 26.3 Å². The van der Waals surface area contributed by atoms with Gasteiger partial charge in [0.15, 0.2) is 0 Å². The van der Waals surface area contributed by atoms with Crippen LogP contribution in [0.15, 0.2) is 42.7 Å². The molecule has 0 spiro atoms. The van der Waals surface area contributed by atoms with Gasteiger partial charge in [-0.2, -0.15) is 0 Å². The fourth-order valence-corrected chi connectivity index (χ4v) is 1.85. The Kier molecular flexibility index (Phi) is 3.95. The molecule has 0 radical (unpaired) electrons. The van der Waals surface area contributed by atoms with E-state index in [1.807, 2.05) is 31.2 Å². The lowest BCUT2D eigenvalue weighted by Gasteiger charge is -2.13. The van der Waals surface area contributed by atoms with Crippen LogP contribution in [0.4, 0.5) is 0 Å². The van der Waals surface area contributed by atoms with Gasteiger partial charge in [0.05, 0.1) is 6.20 Å². The minimum absolute atomic E-state index is 0.114. The molecule has 94 valence electrons. The largest absolute Gasteiger partial charge is 0.455 e. The molecule has 0 fully saturated rings. The molecule has 2 rings (SSSR count). The first-order valence-electron chi connectivity index (χ1n) is 6.08.